The van der Waals surface area contributed by atoms with Crippen molar-refractivity contribution in [3.05, 3.63) is 48.0 Å². The Hall–Kier alpha value is -2.07. The van der Waals surface area contributed by atoms with Crippen LogP contribution >= 0.6 is 0 Å². The molecule has 2 atom stereocenters. The van der Waals surface area contributed by atoms with Crippen molar-refractivity contribution in [3.63, 3.8) is 0 Å². The number of carbonyl (C=O) groups excluding carboxylic acids is 1. The molecule has 2 aromatic carbocycles. The molecule has 2 unspecified atom stereocenters. The van der Waals surface area contributed by atoms with Crippen LogP contribution in [0.2, 0.25) is 0 Å². The first-order valence-electron chi connectivity index (χ1n) is 7.82. The summed E-state index contributed by atoms with van der Waals surface area (Å²) in [5, 5.41) is 17.5. The predicted molar refractivity (Wildman–Crippen MR) is 89.8 cm³/mol. The summed E-state index contributed by atoms with van der Waals surface area (Å²) < 4.78 is 0. The molecule has 0 saturated heterocycles. The Morgan fingerprint density at radius 3 is 2.68 bits per heavy atom. The number of hydrogen-bond acceptors (Lipinski definition) is 2. The van der Waals surface area contributed by atoms with Crippen molar-refractivity contribution in [2.75, 3.05) is 6.54 Å². The second kappa shape index (κ2) is 7.80. The van der Waals surface area contributed by atoms with E-state index < -0.39 is 0 Å². The third-order valence-corrected chi connectivity index (χ3v) is 3.87. The topological polar surface area (TPSA) is 61.4 Å². The lowest BCUT2D eigenvalue weighted by Crippen LogP contribution is -2.38. The molecule has 2 aromatic rings. The van der Waals surface area contributed by atoms with Gasteiger partial charge in [-0.05, 0) is 36.1 Å². The van der Waals surface area contributed by atoms with Crippen molar-refractivity contribution in [1.29, 1.82) is 0 Å². The molecule has 0 radical (unpaired) electrons. The Balaban J connectivity index is 1.96. The molecule has 0 aliphatic heterocycles. The van der Waals surface area contributed by atoms with Gasteiger partial charge in [-0.1, -0.05) is 49.4 Å². The van der Waals surface area contributed by atoms with Crippen molar-refractivity contribution in [3.8, 4) is 0 Å². The van der Waals surface area contributed by atoms with Crippen molar-refractivity contribution < 1.29 is 9.90 Å². The fraction of sp³-hybridized carbons (Fsp3) is 0.389. The standard InChI is InChI=1S/C18H24N2O2/c1-3-15(21)11-12-19-18(22)20-13(2)16-10-6-8-14-7-4-5-9-17(14)16/h4-10,13,15,21H,3,11-12H2,1-2H3,(H2,19,20,22). The van der Waals surface area contributed by atoms with E-state index in [0.29, 0.717) is 19.4 Å². The number of fused-ring (bicyclic) bond motifs is 1. The van der Waals surface area contributed by atoms with Crippen LogP contribution in [0.3, 0.4) is 0 Å². The van der Waals surface area contributed by atoms with E-state index in [1.165, 1.54) is 5.39 Å². The Kier molecular flexibility index (Phi) is 5.78. The molecule has 0 fully saturated rings. The van der Waals surface area contributed by atoms with E-state index in [1.807, 2.05) is 38.1 Å². The van der Waals surface area contributed by atoms with Crippen LogP contribution in [-0.2, 0) is 0 Å². The van der Waals surface area contributed by atoms with E-state index in [1.54, 1.807) is 0 Å². The molecule has 0 aliphatic rings. The van der Waals surface area contributed by atoms with Gasteiger partial charge < -0.3 is 15.7 Å². The lowest BCUT2D eigenvalue weighted by atomic mass is 10.00. The third kappa shape index (κ3) is 4.21. The van der Waals surface area contributed by atoms with Crippen LogP contribution < -0.4 is 10.6 Å². The predicted octanol–water partition coefficient (Wildman–Crippen LogP) is 3.36. The summed E-state index contributed by atoms with van der Waals surface area (Å²) in [5.74, 6) is 0. The average Bonchev–Trinajstić information content (AvgIpc) is 2.54. The first-order chi connectivity index (χ1) is 10.6. The summed E-state index contributed by atoms with van der Waals surface area (Å²) >= 11 is 0. The summed E-state index contributed by atoms with van der Waals surface area (Å²) in [5.41, 5.74) is 1.10. The van der Waals surface area contributed by atoms with Crippen LogP contribution in [-0.4, -0.2) is 23.8 Å². The smallest absolute Gasteiger partial charge is 0.315 e. The van der Waals surface area contributed by atoms with Crippen LogP contribution in [0.1, 0.15) is 38.3 Å². The molecule has 22 heavy (non-hydrogen) atoms. The number of rotatable bonds is 6. The van der Waals surface area contributed by atoms with Gasteiger partial charge in [0, 0.05) is 6.54 Å². The van der Waals surface area contributed by atoms with Crippen molar-refractivity contribution in [2.24, 2.45) is 0 Å². The highest BCUT2D eigenvalue weighted by Gasteiger charge is 2.12. The van der Waals surface area contributed by atoms with Crippen molar-refractivity contribution in [1.82, 2.24) is 10.6 Å². The van der Waals surface area contributed by atoms with Gasteiger partial charge in [0.1, 0.15) is 0 Å². The number of aliphatic hydroxyl groups is 1. The van der Waals surface area contributed by atoms with Crippen LogP contribution in [0.15, 0.2) is 42.5 Å². The van der Waals surface area contributed by atoms with Gasteiger partial charge in [0.15, 0.2) is 0 Å². The van der Waals surface area contributed by atoms with E-state index in [-0.39, 0.29) is 18.2 Å². The number of nitrogens with one attached hydrogen (secondary N) is 2. The molecule has 4 heteroatoms. The van der Waals surface area contributed by atoms with E-state index in [2.05, 4.69) is 28.8 Å². The maximum atomic E-state index is 11.9. The van der Waals surface area contributed by atoms with Gasteiger partial charge in [0.2, 0.25) is 0 Å². The molecular formula is C18H24N2O2. The lowest BCUT2D eigenvalue weighted by Gasteiger charge is -2.17. The van der Waals surface area contributed by atoms with Gasteiger partial charge in [-0.2, -0.15) is 0 Å². The Bertz CT molecular complexity index is 622. The zero-order valence-corrected chi connectivity index (χ0v) is 13.2. The molecule has 2 amide bonds. The first kappa shape index (κ1) is 16.3. The van der Waals surface area contributed by atoms with Crippen LogP contribution in [0.4, 0.5) is 4.79 Å². The van der Waals surface area contributed by atoms with E-state index >= 15 is 0 Å². The summed E-state index contributed by atoms with van der Waals surface area (Å²) in [6, 6.07) is 14.0. The minimum Gasteiger partial charge on any atom is -0.393 e. The minimum absolute atomic E-state index is 0.0813. The van der Waals surface area contributed by atoms with E-state index in [0.717, 1.165) is 10.9 Å². The molecule has 0 bridgehead atoms. The Morgan fingerprint density at radius 1 is 1.18 bits per heavy atom. The molecule has 0 spiro atoms. The Labute approximate surface area is 131 Å². The van der Waals surface area contributed by atoms with Gasteiger partial charge in [-0.25, -0.2) is 4.79 Å². The second-order valence-electron chi connectivity index (χ2n) is 5.54. The molecule has 3 N–H and O–H groups in total. The maximum absolute atomic E-state index is 11.9. The summed E-state index contributed by atoms with van der Waals surface area (Å²) in [7, 11) is 0. The third-order valence-electron chi connectivity index (χ3n) is 3.87. The Morgan fingerprint density at radius 2 is 1.91 bits per heavy atom. The van der Waals surface area contributed by atoms with Crippen molar-refractivity contribution in [2.45, 2.75) is 38.8 Å². The minimum atomic E-state index is -0.351. The van der Waals surface area contributed by atoms with Gasteiger partial charge in [-0.15, -0.1) is 0 Å². The number of hydrogen-bond donors (Lipinski definition) is 3. The van der Waals surface area contributed by atoms with Gasteiger partial charge >= 0.3 is 6.03 Å². The average molecular weight is 300 g/mol. The van der Waals surface area contributed by atoms with Crippen molar-refractivity contribution >= 4 is 16.8 Å². The number of benzene rings is 2. The SMILES string of the molecule is CCC(O)CCNC(=O)NC(C)c1cccc2ccccc12. The van der Waals surface area contributed by atoms with E-state index in [9.17, 15) is 9.90 Å². The first-order valence-corrected chi connectivity index (χ1v) is 7.82. The monoisotopic (exact) mass is 300 g/mol. The summed E-state index contributed by atoms with van der Waals surface area (Å²) in [4.78, 5) is 11.9. The van der Waals surface area contributed by atoms with Crippen LogP contribution in [0, 0.1) is 0 Å². The van der Waals surface area contributed by atoms with Gasteiger partial charge in [0.25, 0.3) is 0 Å². The molecule has 4 nitrogen and oxygen atoms in total. The molecule has 0 aliphatic carbocycles. The quantitative estimate of drug-likeness (QED) is 0.766. The second-order valence-corrected chi connectivity index (χ2v) is 5.54. The number of urea groups is 1. The molecule has 0 heterocycles. The largest absolute Gasteiger partial charge is 0.393 e. The summed E-state index contributed by atoms with van der Waals surface area (Å²) in [6.45, 7) is 4.37. The highest BCUT2D eigenvalue weighted by Crippen LogP contribution is 2.23. The fourth-order valence-electron chi connectivity index (χ4n) is 2.51. The molecule has 0 saturated carbocycles. The molecular weight excluding hydrogens is 276 g/mol. The lowest BCUT2D eigenvalue weighted by molar-refractivity contribution is 0.160. The molecule has 0 aromatic heterocycles. The normalized spacial score (nSPS) is 13.6. The zero-order chi connectivity index (χ0) is 15.9. The highest BCUT2D eigenvalue weighted by atomic mass is 16.3. The number of amides is 2. The van der Waals surface area contributed by atoms with Crippen LogP contribution in [0.25, 0.3) is 10.8 Å². The van der Waals surface area contributed by atoms with E-state index in [4.69, 9.17) is 0 Å². The maximum Gasteiger partial charge on any atom is 0.315 e. The molecule has 2 rings (SSSR count). The number of aliphatic hydroxyl groups excluding tert-OH is 1. The van der Waals surface area contributed by atoms with Gasteiger partial charge in [-0.3, -0.25) is 0 Å². The summed E-state index contributed by atoms with van der Waals surface area (Å²) in [6.07, 6.45) is 0.929. The molecule has 118 valence electrons. The highest BCUT2D eigenvalue weighted by molar-refractivity contribution is 5.86. The fourth-order valence-corrected chi connectivity index (χ4v) is 2.51. The zero-order valence-electron chi connectivity index (χ0n) is 13.2. The van der Waals surface area contributed by atoms with Gasteiger partial charge in [0.05, 0.1) is 12.1 Å². The number of carbonyl (C=O) groups is 1. The van der Waals surface area contributed by atoms with Crippen LogP contribution in [0.5, 0.6) is 0 Å².